The smallest absolute Gasteiger partial charge is 0.263 e. The lowest BCUT2D eigenvalue weighted by molar-refractivity contribution is 0.151. The molecule has 0 N–H and O–H groups in total. The van der Waals surface area contributed by atoms with E-state index < -0.39 is 6.43 Å². The number of benzene rings is 2. The predicted molar refractivity (Wildman–Crippen MR) is 134 cm³/mol. The van der Waals surface area contributed by atoms with Gasteiger partial charge in [-0.15, -0.1) is 0 Å². The molecule has 4 nitrogen and oxygen atoms in total. The number of anilines is 1. The molecule has 0 fully saturated rings. The van der Waals surface area contributed by atoms with Crippen molar-refractivity contribution in [2.75, 3.05) is 32.6 Å². The van der Waals surface area contributed by atoms with Gasteiger partial charge in [-0.3, -0.25) is 0 Å². The number of hydrogen-bond acceptors (Lipinski definition) is 4. The number of pyridine rings is 1. The Morgan fingerprint density at radius 2 is 1.59 bits per heavy atom. The van der Waals surface area contributed by atoms with Gasteiger partial charge in [0.05, 0.1) is 24.9 Å². The van der Waals surface area contributed by atoms with Gasteiger partial charge in [-0.2, -0.15) is 0 Å². The van der Waals surface area contributed by atoms with E-state index in [1.54, 1.807) is 25.4 Å². The minimum atomic E-state index is -2.47. The molecule has 0 radical (unpaired) electrons. The number of methoxy groups -OCH3 is 1. The highest BCUT2D eigenvalue weighted by Gasteiger charge is 2.25. The van der Waals surface area contributed by atoms with E-state index in [9.17, 15) is 8.78 Å². The number of rotatable bonds is 11. The number of likely N-dealkylation sites (N-methyl/N-ethyl adjacent to an activating group) is 1. The normalized spacial score (nSPS) is 11.7. The molecule has 1 atom stereocenters. The molecule has 0 saturated carbocycles. The number of hydrogen-bond donors (Lipinski definition) is 0. The fraction of sp³-hybridized carbons (Fsp3) is 0.250. The number of halogens is 2. The molecule has 1 aromatic heterocycles. The molecule has 0 amide bonds. The summed E-state index contributed by atoms with van der Waals surface area (Å²) in [4.78, 5) is 8.48. The van der Waals surface area contributed by atoms with Gasteiger partial charge in [0, 0.05) is 43.7 Å². The van der Waals surface area contributed by atoms with Crippen LogP contribution >= 0.6 is 0 Å². The second-order valence-corrected chi connectivity index (χ2v) is 8.22. The van der Waals surface area contributed by atoms with E-state index in [0.717, 1.165) is 28.2 Å². The summed E-state index contributed by atoms with van der Waals surface area (Å²) in [5.74, 6) is 0.369. The molecule has 0 aliphatic carbocycles. The average Bonchev–Trinajstić information content (AvgIpc) is 2.85. The maximum absolute atomic E-state index is 12.9. The van der Waals surface area contributed by atoms with E-state index in [2.05, 4.69) is 35.2 Å². The quantitative estimate of drug-likeness (QED) is 0.327. The fourth-order valence-corrected chi connectivity index (χ4v) is 3.80. The van der Waals surface area contributed by atoms with Crippen LogP contribution in [-0.4, -0.2) is 37.6 Å². The van der Waals surface area contributed by atoms with Crippen molar-refractivity contribution in [3.63, 3.8) is 0 Å². The Bertz CT molecular complexity index is 1080. The predicted octanol–water partition coefficient (Wildman–Crippen LogP) is 6.45. The molecule has 1 unspecified atom stereocenters. The van der Waals surface area contributed by atoms with E-state index >= 15 is 0 Å². The largest absolute Gasteiger partial charge is 0.481 e. The molecule has 0 bridgehead atoms. The van der Waals surface area contributed by atoms with E-state index in [0.29, 0.717) is 18.8 Å². The van der Waals surface area contributed by atoms with Gasteiger partial charge in [0.25, 0.3) is 6.43 Å². The molecule has 0 spiro atoms. The van der Waals surface area contributed by atoms with E-state index in [1.165, 1.54) is 12.1 Å². The first-order valence-corrected chi connectivity index (χ1v) is 11.1. The van der Waals surface area contributed by atoms with Gasteiger partial charge in [-0.05, 0) is 23.6 Å². The standard InChI is InChI=1S/C28H31F2N3O/c1-20(32(3)4)27(23-9-7-6-8-10-23)21(2)33(25-15-16-26(34-5)31-19-25)18-17-22-11-13-24(14-12-22)28(29)30/h6-16,19,27-28H,1-2,17-18H2,3-5H3. The Morgan fingerprint density at radius 1 is 0.912 bits per heavy atom. The van der Waals surface area contributed by atoms with Crippen molar-refractivity contribution in [3.05, 3.63) is 114 Å². The number of aromatic nitrogens is 1. The van der Waals surface area contributed by atoms with Gasteiger partial charge in [-0.25, -0.2) is 13.8 Å². The monoisotopic (exact) mass is 463 g/mol. The second-order valence-electron chi connectivity index (χ2n) is 8.22. The maximum Gasteiger partial charge on any atom is 0.263 e. The molecular formula is C28H31F2N3O. The molecule has 0 aliphatic heterocycles. The van der Waals surface area contributed by atoms with Crippen LogP contribution in [0.25, 0.3) is 0 Å². The third-order valence-electron chi connectivity index (χ3n) is 5.82. The van der Waals surface area contributed by atoms with Crippen LogP contribution in [0, 0.1) is 0 Å². The Kier molecular flexibility index (Phi) is 8.41. The highest BCUT2D eigenvalue weighted by Crippen LogP contribution is 2.35. The number of nitrogens with zero attached hydrogens (tertiary/aromatic N) is 3. The molecule has 34 heavy (non-hydrogen) atoms. The highest BCUT2D eigenvalue weighted by atomic mass is 19.3. The highest BCUT2D eigenvalue weighted by molar-refractivity contribution is 5.55. The number of alkyl halides is 2. The average molecular weight is 464 g/mol. The minimum absolute atomic E-state index is 0.0239. The topological polar surface area (TPSA) is 28.6 Å². The first-order valence-electron chi connectivity index (χ1n) is 11.1. The lowest BCUT2D eigenvalue weighted by Gasteiger charge is -2.35. The fourth-order valence-electron chi connectivity index (χ4n) is 3.80. The summed E-state index contributed by atoms with van der Waals surface area (Å²) in [6.45, 7) is 9.40. The Labute approximate surface area is 200 Å². The maximum atomic E-state index is 12.9. The molecule has 0 saturated heterocycles. The summed E-state index contributed by atoms with van der Waals surface area (Å²) in [6.07, 6.45) is -0.0751. The van der Waals surface area contributed by atoms with Crippen LogP contribution in [0.2, 0.25) is 0 Å². The van der Waals surface area contributed by atoms with Crippen LogP contribution < -0.4 is 9.64 Å². The Hall–Kier alpha value is -3.67. The van der Waals surface area contributed by atoms with Crippen molar-refractivity contribution in [1.82, 2.24) is 9.88 Å². The van der Waals surface area contributed by atoms with Crippen LogP contribution in [0.3, 0.4) is 0 Å². The van der Waals surface area contributed by atoms with Crippen molar-refractivity contribution < 1.29 is 13.5 Å². The van der Waals surface area contributed by atoms with Gasteiger partial charge < -0.3 is 14.5 Å². The molecule has 6 heteroatoms. The molecule has 0 aliphatic rings. The van der Waals surface area contributed by atoms with Crippen LogP contribution in [0.4, 0.5) is 14.5 Å². The van der Waals surface area contributed by atoms with Crippen molar-refractivity contribution >= 4 is 5.69 Å². The molecule has 178 valence electrons. The Balaban J connectivity index is 1.95. The van der Waals surface area contributed by atoms with Gasteiger partial charge in [0.1, 0.15) is 0 Å². The molecular weight excluding hydrogens is 432 g/mol. The Morgan fingerprint density at radius 3 is 2.12 bits per heavy atom. The van der Waals surface area contributed by atoms with E-state index in [4.69, 9.17) is 4.74 Å². The van der Waals surface area contributed by atoms with Crippen molar-refractivity contribution in [1.29, 1.82) is 0 Å². The summed E-state index contributed by atoms with van der Waals surface area (Å²) in [5, 5.41) is 0. The zero-order valence-corrected chi connectivity index (χ0v) is 19.9. The SMILES string of the molecule is C=C(C(C(=C)N(CCc1ccc(C(F)F)cc1)c1ccc(OC)nc1)c1ccccc1)N(C)C. The lowest BCUT2D eigenvalue weighted by Crippen LogP contribution is -2.31. The molecule has 2 aromatic carbocycles. The summed E-state index contributed by atoms with van der Waals surface area (Å²) in [6, 6.07) is 20.3. The van der Waals surface area contributed by atoms with Gasteiger partial charge >= 0.3 is 0 Å². The minimum Gasteiger partial charge on any atom is -0.481 e. The zero-order chi connectivity index (χ0) is 24.7. The van der Waals surface area contributed by atoms with Crippen LogP contribution in [0.1, 0.15) is 29.0 Å². The zero-order valence-electron chi connectivity index (χ0n) is 19.9. The van der Waals surface area contributed by atoms with Crippen LogP contribution in [0.5, 0.6) is 5.88 Å². The van der Waals surface area contributed by atoms with Gasteiger partial charge in [0.15, 0.2) is 0 Å². The van der Waals surface area contributed by atoms with Crippen LogP contribution in [0.15, 0.2) is 97.5 Å². The lowest BCUT2D eigenvalue weighted by atomic mass is 9.91. The number of ether oxygens (including phenoxy) is 1. The second kappa shape index (κ2) is 11.5. The van der Waals surface area contributed by atoms with E-state index in [1.807, 2.05) is 49.3 Å². The van der Waals surface area contributed by atoms with Crippen LogP contribution in [-0.2, 0) is 6.42 Å². The third kappa shape index (κ3) is 6.01. The summed E-state index contributed by atoms with van der Waals surface area (Å²) >= 11 is 0. The summed E-state index contributed by atoms with van der Waals surface area (Å²) < 4.78 is 31.1. The van der Waals surface area contributed by atoms with E-state index in [-0.39, 0.29) is 11.5 Å². The van der Waals surface area contributed by atoms with Crippen molar-refractivity contribution in [2.45, 2.75) is 18.8 Å². The van der Waals surface area contributed by atoms with Crippen molar-refractivity contribution in [3.8, 4) is 5.88 Å². The first-order chi connectivity index (χ1) is 16.3. The van der Waals surface area contributed by atoms with Crippen molar-refractivity contribution in [2.24, 2.45) is 0 Å². The summed E-state index contributed by atoms with van der Waals surface area (Å²) in [7, 11) is 5.51. The van der Waals surface area contributed by atoms with Gasteiger partial charge in [0.2, 0.25) is 5.88 Å². The van der Waals surface area contributed by atoms with Gasteiger partial charge in [-0.1, -0.05) is 67.8 Å². The molecule has 1 heterocycles. The third-order valence-corrected chi connectivity index (χ3v) is 5.82. The summed E-state index contributed by atoms with van der Waals surface area (Å²) in [5.41, 5.74) is 4.69. The molecule has 3 rings (SSSR count). The molecule has 3 aromatic rings. The first kappa shape index (κ1) is 25.0.